The SMILES string of the molecule is Cc1cc2c(cc1C)N(CCCC#N)C(=O)C(c1ccccc1)N2. The van der Waals surface area contributed by atoms with Crippen LogP contribution in [-0.2, 0) is 4.79 Å². The van der Waals surface area contributed by atoms with Crippen LogP contribution in [0.2, 0.25) is 0 Å². The first-order chi connectivity index (χ1) is 11.6. The van der Waals surface area contributed by atoms with Gasteiger partial charge >= 0.3 is 0 Å². The van der Waals surface area contributed by atoms with Crippen molar-refractivity contribution in [2.75, 3.05) is 16.8 Å². The third-order valence-electron chi connectivity index (χ3n) is 4.52. The lowest BCUT2D eigenvalue weighted by molar-refractivity contribution is -0.119. The Balaban J connectivity index is 2.01. The van der Waals surface area contributed by atoms with Crippen LogP contribution >= 0.6 is 0 Å². The lowest BCUT2D eigenvalue weighted by Gasteiger charge is -2.36. The summed E-state index contributed by atoms with van der Waals surface area (Å²) < 4.78 is 0. The predicted octanol–water partition coefficient (Wildman–Crippen LogP) is 4.11. The normalized spacial score (nSPS) is 16.3. The number of hydrogen-bond donors (Lipinski definition) is 1. The molecule has 24 heavy (non-hydrogen) atoms. The second-order valence-corrected chi connectivity index (χ2v) is 6.19. The van der Waals surface area contributed by atoms with Crippen molar-refractivity contribution in [1.82, 2.24) is 0 Å². The molecule has 0 fully saturated rings. The molecule has 4 heteroatoms. The maximum absolute atomic E-state index is 13.1. The molecule has 1 unspecified atom stereocenters. The molecule has 3 rings (SSSR count). The molecule has 1 amide bonds. The molecule has 2 aromatic carbocycles. The number of hydrogen-bond acceptors (Lipinski definition) is 3. The number of aryl methyl sites for hydroxylation is 2. The number of fused-ring (bicyclic) bond motifs is 1. The van der Waals surface area contributed by atoms with E-state index in [4.69, 9.17) is 5.26 Å². The van der Waals surface area contributed by atoms with Crippen molar-refractivity contribution in [2.24, 2.45) is 0 Å². The minimum Gasteiger partial charge on any atom is -0.368 e. The van der Waals surface area contributed by atoms with Gasteiger partial charge in [0.2, 0.25) is 0 Å². The quantitative estimate of drug-likeness (QED) is 0.863. The van der Waals surface area contributed by atoms with E-state index in [1.165, 1.54) is 5.56 Å². The van der Waals surface area contributed by atoms with Crippen molar-refractivity contribution in [1.29, 1.82) is 5.26 Å². The van der Waals surface area contributed by atoms with Crippen molar-refractivity contribution >= 4 is 17.3 Å². The van der Waals surface area contributed by atoms with Crippen LogP contribution in [0, 0.1) is 25.2 Å². The van der Waals surface area contributed by atoms with Gasteiger partial charge in [-0.05, 0) is 49.1 Å². The topological polar surface area (TPSA) is 56.1 Å². The van der Waals surface area contributed by atoms with Gasteiger partial charge in [-0.1, -0.05) is 30.3 Å². The van der Waals surface area contributed by atoms with E-state index in [0.717, 1.165) is 22.5 Å². The van der Waals surface area contributed by atoms with E-state index in [9.17, 15) is 4.79 Å². The Labute approximate surface area is 142 Å². The maximum Gasteiger partial charge on any atom is 0.254 e. The number of rotatable bonds is 4. The van der Waals surface area contributed by atoms with E-state index >= 15 is 0 Å². The lowest BCUT2D eigenvalue weighted by Crippen LogP contribution is -2.43. The van der Waals surface area contributed by atoms with Gasteiger partial charge in [-0.15, -0.1) is 0 Å². The Kier molecular flexibility index (Phi) is 4.52. The number of nitrogens with zero attached hydrogens (tertiary/aromatic N) is 2. The van der Waals surface area contributed by atoms with Gasteiger partial charge in [0.15, 0.2) is 0 Å². The molecule has 1 aliphatic rings. The van der Waals surface area contributed by atoms with Crippen LogP contribution < -0.4 is 10.2 Å². The van der Waals surface area contributed by atoms with Crippen LogP contribution in [0.5, 0.6) is 0 Å². The molecule has 0 aliphatic carbocycles. The number of unbranched alkanes of at least 4 members (excludes halogenated alkanes) is 1. The summed E-state index contributed by atoms with van der Waals surface area (Å²) in [6.07, 6.45) is 1.13. The van der Waals surface area contributed by atoms with Crippen LogP contribution in [0.15, 0.2) is 42.5 Å². The van der Waals surface area contributed by atoms with Gasteiger partial charge in [0, 0.05) is 13.0 Å². The van der Waals surface area contributed by atoms with Gasteiger partial charge in [-0.2, -0.15) is 5.26 Å². The summed E-state index contributed by atoms with van der Waals surface area (Å²) >= 11 is 0. The highest BCUT2D eigenvalue weighted by Gasteiger charge is 2.33. The first-order valence-corrected chi connectivity index (χ1v) is 8.23. The third kappa shape index (κ3) is 2.98. The lowest BCUT2D eigenvalue weighted by atomic mass is 9.98. The molecular formula is C20H21N3O. The van der Waals surface area contributed by atoms with Crippen LogP contribution in [-0.4, -0.2) is 12.5 Å². The Hall–Kier alpha value is -2.80. The summed E-state index contributed by atoms with van der Waals surface area (Å²) in [4.78, 5) is 14.9. The Morgan fingerprint density at radius 2 is 1.88 bits per heavy atom. The smallest absolute Gasteiger partial charge is 0.254 e. The largest absolute Gasteiger partial charge is 0.368 e. The molecule has 0 radical (unpaired) electrons. The molecule has 4 nitrogen and oxygen atoms in total. The van der Waals surface area contributed by atoms with E-state index < -0.39 is 0 Å². The van der Waals surface area contributed by atoms with Gasteiger partial charge < -0.3 is 10.2 Å². The molecule has 0 saturated carbocycles. The summed E-state index contributed by atoms with van der Waals surface area (Å²) in [5.41, 5.74) is 5.19. The van der Waals surface area contributed by atoms with Crippen LogP contribution in [0.25, 0.3) is 0 Å². The zero-order valence-electron chi connectivity index (χ0n) is 14.0. The van der Waals surface area contributed by atoms with Gasteiger partial charge in [-0.3, -0.25) is 4.79 Å². The fourth-order valence-corrected chi connectivity index (χ4v) is 3.05. The second-order valence-electron chi connectivity index (χ2n) is 6.19. The molecule has 0 saturated heterocycles. The molecule has 1 N–H and O–H groups in total. The molecule has 0 spiro atoms. The average molecular weight is 319 g/mol. The number of amides is 1. The second kappa shape index (κ2) is 6.76. The van der Waals surface area contributed by atoms with Crippen molar-refractivity contribution in [3.63, 3.8) is 0 Å². The highest BCUT2D eigenvalue weighted by molar-refractivity contribution is 6.05. The summed E-state index contributed by atoms with van der Waals surface area (Å²) in [6, 6.07) is 15.7. The molecule has 0 bridgehead atoms. The fraction of sp³-hybridized carbons (Fsp3) is 0.300. The van der Waals surface area contributed by atoms with Crippen LogP contribution in [0.1, 0.15) is 35.6 Å². The van der Waals surface area contributed by atoms with E-state index in [1.807, 2.05) is 35.2 Å². The van der Waals surface area contributed by atoms with E-state index in [-0.39, 0.29) is 11.9 Å². The minimum atomic E-state index is -0.386. The Bertz CT molecular complexity index is 793. The number of nitriles is 1. The summed E-state index contributed by atoms with van der Waals surface area (Å²) in [5, 5.41) is 12.2. The Morgan fingerprint density at radius 3 is 2.58 bits per heavy atom. The standard InChI is InChI=1S/C20H21N3O/c1-14-12-17-18(13-15(14)2)23(11-7-6-10-21)20(24)19(22-17)16-8-4-3-5-9-16/h3-5,8-9,12-13,19,22H,6-7,11H2,1-2H3. The van der Waals surface area contributed by atoms with Crippen molar-refractivity contribution < 1.29 is 4.79 Å². The first-order valence-electron chi connectivity index (χ1n) is 8.23. The first kappa shape index (κ1) is 16.1. The highest BCUT2D eigenvalue weighted by atomic mass is 16.2. The van der Waals surface area contributed by atoms with Crippen molar-refractivity contribution in [2.45, 2.75) is 32.7 Å². The fourth-order valence-electron chi connectivity index (χ4n) is 3.05. The number of carbonyl (C=O) groups excluding carboxylic acids is 1. The van der Waals surface area contributed by atoms with Gasteiger partial charge in [0.25, 0.3) is 5.91 Å². The van der Waals surface area contributed by atoms with E-state index in [2.05, 4.69) is 37.4 Å². The van der Waals surface area contributed by atoms with Crippen molar-refractivity contribution in [3.05, 3.63) is 59.2 Å². The van der Waals surface area contributed by atoms with Gasteiger partial charge in [0.1, 0.15) is 6.04 Å². The predicted molar refractivity (Wildman–Crippen MR) is 95.9 cm³/mol. The van der Waals surface area contributed by atoms with Gasteiger partial charge in [-0.25, -0.2) is 0 Å². The molecule has 1 aliphatic heterocycles. The van der Waals surface area contributed by atoms with Crippen LogP contribution in [0.4, 0.5) is 11.4 Å². The Morgan fingerprint density at radius 1 is 1.17 bits per heavy atom. The molecule has 1 atom stereocenters. The van der Waals surface area contributed by atoms with Crippen molar-refractivity contribution in [3.8, 4) is 6.07 Å². The number of anilines is 2. The van der Waals surface area contributed by atoms with E-state index in [1.54, 1.807) is 0 Å². The zero-order valence-corrected chi connectivity index (χ0v) is 14.0. The average Bonchev–Trinajstić information content (AvgIpc) is 2.59. The van der Waals surface area contributed by atoms with Crippen LogP contribution in [0.3, 0.4) is 0 Å². The summed E-state index contributed by atoms with van der Waals surface area (Å²) in [7, 11) is 0. The monoisotopic (exact) mass is 319 g/mol. The number of nitrogens with one attached hydrogen (secondary N) is 1. The summed E-state index contributed by atoms with van der Waals surface area (Å²) in [6.45, 7) is 4.69. The van der Waals surface area contributed by atoms with Gasteiger partial charge in [0.05, 0.1) is 17.4 Å². The molecule has 2 aromatic rings. The number of benzene rings is 2. The molecule has 0 aromatic heterocycles. The number of carbonyl (C=O) groups is 1. The minimum absolute atomic E-state index is 0.0369. The molecule has 122 valence electrons. The highest BCUT2D eigenvalue weighted by Crippen LogP contribution is 2.38. The summed E-state index contributed by atoms with van der Waals surface area (Å²) in [5.74, 6) is 0.0369. The third-order valence-corrected chi connectivity index (χ3v) is 4.52. The molecule has 1 heterocycles. The zero-order chi connectivity index (χ0) is 17.1. The van der Waals surface area contributed by atoms with E-state index in [0.29, 0.717) is 19.4 Å². The molecular weight excluding hydrogens is 298 g/mol. The maximum atomic E-state index is 13.1.